The first-order chi connectivity index (χ1) is 8.74. The fraction of sp³-hybridized carbons (Fsp3) is 1.00. The Balaban J connectivity index is 1.63. The molecule has 5 fully saturated rings. The van der Waals surface area contributed by atoms with E-state index < -0.39 is 0 Å². The lowest BCUT2D eigenvalue weighted by molar-refractivity contribution is 0.0357. The minimum atomic E-state index is -0.0148. The molecule has 0 unspecified atom stereocenters. The van der Waals surface area contributed by atoms with Gasteiger partial charge < -0.3 is 10.2 Å². The highest BCUT2D eigenvalue weighted by Gasteiger charge is 2.63. The zero-order valence-corrected chi connectivity index (χ0v) is 10.9. The molecule has 2 N–H and O–H groups in total. The summed E-state index contributed by atoms with van der Waals surface area (Å²) in [6, 6.07) is 0. The van der Waals surface area contributed by atoms with Crippen molar-refractivity contribution in [2.75, 3.05) is 0 Å². The van der Waals surface area contributed by atoms with Crippen LogP contribution in [-0.2, 0) is 0 Å². The number of aliphatic hydroxyl groups is 2. The Hall–Kier alpha value is -0.0800. The van der Waals surface area contributed by atoms with Gasteiger partial charge in [0.1, 0.15) is 0 Å². The average molecular weight is 248 g/mol. The molecular formula is C16H24O2. The second-order valence-electron chi connectivity index (χ2n) is 7.99. The molecule has 18 heavy (non-hydrogen) atoms. The van der Waals surface area contributed by atoms with E-state index in [0.717, 1.165) is 48.3 Å². The molecule has 4 bridgehead atoms. The van der Waals surface area contributed by atoms with E-state index in [2.05, 4.69) is 0 Å². The van der Waals surface area contributed by atoms with Crippen LogP contribution in [0.15, 0.2) is 0 Å². The van der Waals surface area contributed by atoms with Crippen LogP contribution >= 0.6 is 0 Å². The Labute approximate surface area is 109 Å². The van der Waals surface area contributed by atoms with Crippen molar-refractivity contribution in [1.29, 1.82) is 0 Å². The smallest absolute Gasteiger partial charge is 0.0576 e. The molecule has 2 heteroatoms. The molecular weight excluding hydrogens is 224 g/mol. The maximum atomic E-state index is 10.5. The molecule has 0 radical (unpaired) electrons. The van der Waals surface area contributed by atoms with Crippen LogP contribution in [0.5, 0.6) is 0 Å². The molecule has 0 spiro atoms. The zero-order chi connectivity index (χ0) is 12.0. The summed E-state index contributed by atoms with van der Waals surface area (Å²) < 4.78 is 0. The van der Waals surface area contributed by atoms with Crippen LogP contribution in [0.3, 0.4) is 0 Å². The second-order valence-corrected chi connectivity index (χ2v) is 7.99. The summed E-state index contributed by atoms with van der Waals surface area (Å²) in [6.45, 7) is 0. The molecule has 0 amide bonds. The van der Waals surface area contributed by atoms with Crippen molar-refractivity contribution in [3.8, 4) is 0 Å². The zero-order valence-electron chi connectivity index (χ0n) is 10.9. The van der Waals surface area contributed by atoms with Crippen LogP contribution in [-0.4, -0.2) is 22.4 Å². The molecule has 0 aromatic heterocycles. The van der Waals surface area contributed by atoms with Gasteiger partial charge in [-0.2, -0.15) is 0 Å². The number of hydrogen-bond acceptors (Lipinski definition) is 2. The van der Waals surface area contributed by atoms with E-state index >= 15 is 0 Å². The van der Waals surface area contributed by atoms with Crippen molar-refractivity contribution in [1.82, 2.24) is 0 Å². The van der Waals surface area contributed by atoms with Gasteiger partial charge in [-0.15, -0.1) is 0 Å². The largest absolute Gasteiger partial charge is 0.393 e. The Morgan fingerprint density at radius 3 is 1.56 bits per heavy atom. The Morgan fingerprint density at radius 1 is 0.556 bits per heavy atom. The quantitative estimate of drug-likeness (QED) is 0.689. The number of rotatable bonds is 0. The molecule has 0 aromatic carbocycles. The van der Waals surface area contributed by atoms with Gasteiger partial charge in [-0.25, -0.2) is 0 Å². The third-order valence-electron chi connectivity index (χ3n) is 7.70. The van der Waals surface area contributed by atoms with Crippen molar-refractivity contribution in [3.63, 3.8) is 0 Å². The van der Waals surface area contributed by atoms with Crippen molar-refractivity contribution in [3.05, 3.63) is 0 Å². The van der Waals surface area contributed by atoms with E-state index in [0.29, 0.717) is 11.8 Å². The maximum Gasteiger partial charge on any atom is 0.0576 e. The summed E-state index contributed by atoms with van der Waals surface area (Å²) in [7, 11) is 0. The fourth-order valence-electron chi connectivity index (χ4n) is 7.41. The van der Waals surface area contributed by atoms with E-state index in [1.165, 1.54) is 25.7 Å². The molecule has 5 saturated carbocycles. The summed E-state index contributed by atoms with van der Waals surface area (Å²) in [6.07, 6.45) is 7.39. The highest BCUT2D eigenvalue weighted by Crippen LogP contribution is 2.67. The van der Waals surface area contributed by atoms with Crippen LogP contribution in [0.4, 0.5) is 0 Å². The topological polar surface area (TPSA) is 40.5 Å². The van der Waals surface area contributed by atoms with Gasteiger partial charge in [0.05, 0.1) is 12.2 Å². The molecule has 100 valence electrons. The summed E-state index contributed by atoms with van der Waals surface area (Å²) in [5.74, 6) is 5.97. The summed E-state index contributed by atoms with van der Waals surface area (Å²) in [5.41, 5.74) is 0. The van der Waals surface area contributed by atoms with Crippen LogP contribution in [0.25, 0.3) is 0 Å². The summed E-state index contributed by atoms with van der Waals surface area (Å²) in [4.78, 5) is 0. The van der Waals surface area contributed by atoms with Gasteiger partial charge in [0.15, 0.2) is 0 Å². The van der Waals surface area contributed by atoms with Gasteiger partial charge in [-0.3, -0.25) is 0 Å². The Bertz CT molecular complexity index is 347. The Morgan fingerprint density at radius 2 is 1.06 bits per heavy atom. The van der Waals surface area contributed by atoms with E-state index in [1.54, 1.807) is 0 Å². The van der Waals surface area contributed by atoms with Crippen molar-refractivity contribution in [2.45, 2.75) is 50.7 Å². The van der Waals surface area contributed by atoms with Gasteiger partial charge in [0, 0.05) is 0 Å². The van der Waals surface area contributed by atoms with Crippen LogP contribution in [0.1, 0.15) is 38.5 Å². The van der Waals surface area contributed by atoms with E-state index in [9.17, 15) is 10.2 Å². The molecule has 5 aliphatic carbocycles. The number of fused-ring (bicyclic) bond motifs is 5. The molecule has 0 heterocycles. The van der Waals surface area contributed by atoms with E-state index in [1.807, 2.05) is 0 Å². The van der Waals surface area contributed by atoms with Crippen LogP contribution < -0.4 is 0 Å². The fourth-order valence-corrected chi connectivity index (χ4v) is 7.41. The van der Waals surface area contributed by atoms with Crippen LogP contribution in [0, 0.1) is 47.3 Å². The standard InChI is InChI=1S/C16H24O2/c17-13-5-9-10-6-14(18)16-8-2-1-7(3-8)15(13)11(9)4-12(10)16/h7-18H,1-6H2/t7-,8-,9-,10+,11-,12-,13-,14+,15+,16+/m0/s1. The monoisotopic (exact) mass is 248 g/mol. The van der Waals surface area contributed by atoms with Crippen molar-refractivity contribution >= 4 is 0 Å². The minimum Gasteiger partial charge on any atom is -0.393 e. The van der Waals surface area contributed by atoms with Gasteiger partial charge in [0.2, 0.25) is 0 Å². The average Bonchev–Trinajstić information content (AvgIpc) is 2.99. The third kappa shape index (κ3) is 1.09. The first-order valence-corrected chi connectivity index (χ1v) is 8.10. The predicted molar refractivity (Wildman–Crippen MR) is 67.6 cm³/mol. The lowest BCUT2D eigenvalue weighted by Gasteiger charge is -2.34. The molecule has 5 rings (SSSR count). The third-order valence-corrected chi connectivity index (χ3v) is 7.70. The number of aliphatic hydroxyl groups excluding tert-OH is 2. The summed E-state index contributed by atoms with van der Waals surface area (Å²) in [5, 5.41) is 21.0. The first-order valence-electron chi connectivity index (χ1n) is 8.10. The molecule has 10 atom stereocenters. The van der Waals surface area contributed by atoms with Gasteiger partial charge in [0.25, 0.3) is 0 Å². The van der Waals surface area contributed by atoms with E-state index in [4.69, 9.17) is 0 Å². The predicted octanol–water partition coefficient (Wildman–Crippen LogP) is 2.05. The van der Waals surface area contributed by atoms with Crippen molar-refractivity contribution < 1.29 is 10.2 Å². The summed E-state index contributed by atoms with van der Waals surface area (Å²) >= 11 is 0. The Kier molecular flexibility index (Phi) is 1.97. The maximum absolute atomic E-state index is 10.5. The van der Waals surface area contributed by atoms with Crippen LogP contribution in [0.2, 0.25) is 0 Å². The van der Waals surface area contributed by atoms with E-state index in [-0.39, 0.29) is 12.2 Å². The molecule has 2 nitrogen and oxygen atoms in total. The molecule has 0 saturated heterocycles. The highest BCUT2D eigenvalue weighted by atomic mass is 16.3. The van der Waals surface area contributed by atoms with Gasteiger partial charge in [-0.05, 0) is 85.9 Å². The lowest BCUT2D eigenvalue weighted by atomic mass is 9.72. The molecule has 0 aromatic rings. The van der Waals surface area contributed by atoms with Gasteiger partial charge in [-0.1, -0.05) is 0 Å². The van der Waals surface area contributed by atoms with Gasteiger partial charge >= 0.3 is 0 Å². The number of hydrogen-bond donors (Lipinski definition) is 2. The normalized spacial score (nSPS) is 68.3. The SMILES string of the molecule is O[C@@H]1C[C@@H]2[C@@H]3C[C@H](O)[C@@H]4[C@H]5CC[C@@H](C5)[C@@H]1[C@H]2C[C@@H]34. The van der Waals surface area contributed by atoms with Crippen molar-refractivity contribution in [2.24, 2.45) is 47.3 Å². The molecule has 0 aliphatic heterocycles. The highest BCUT2D eigenvalue weighted by molar-refractivity contribution is 5.12. The minimum absolute atomic E-state index is 0.0148. The second kappa shape index (κ2) is 3.32. The lowest BCUT2D eigenvalue weighted by Crippen LogP contribution is -2.33. The molecule has 5 aliphatic rings. The first kappa shape index (κ1) is 10.7.